The molecule has 38 valence electrons. The summed E-state index contributed by atoms with van der Waals surface area (Å²) in [5.74, 6) is 0. The first-order chi connectivity index (χ1) is 2.83. The number of nitrogens with one attached hydrogen (secondary N) is 1. The molecule has 6 heavy (non-hydrogen) atoms. The van der Waals surface area contributed by atoms with E-state index >= 15 is 0 Å². The summed E-state index contributed by atoms with van der Waals surface area (Å²) >= 11 is 0. The number of rotatable bonds is 0. The van der Waals surface area contributed by atoms with Crippen molar-refractivity contribution >= 4 is 6.21 Å². The van der Waals surface area contributed by atoms with Gasteiger partial charge in [0.25, 0.3) is 0 Å². The maximum absolute atomic E-state index is 7.57. The Labute approximate surface area is 38.3 Å². The largest absolute Gasteiger partial charge is 0.397 e. The first-order valence-electron chi connectivity index (χ1n) is 1.89. The van der Waals surface area contributed by atoms with Crippen LogP contribution in [0.25, 0.3) is 0 Å². The normalized spacial score (nSPS) is 5.17. The molecule has 0 aromatic heterocycles. The van der Waals surface area contributed by atoms with Crippen LogP contribution in [-0.2, 0) is 0 Å². The molecule has 0 rings (SSSR count). The summed E-state index contributed by atoms with van der Waals surface area (Å²) in [5, 5.41) is 13.7. The van der Waals surface area contributed by atoms with Crippen LogP contribution >= 0.6 is 0 Å². The van der Waals surface area contributed by atoms with E-state index < -0.39 is 0 Å². The zero-order chi connectivity index (χ0) is 5.41. The van der Waals surface area contributed by atoms with Crippen LogP contribution in [0, 0.1) is 5.41 Å². The Morgan fingerprint density at radius 3 is 1.83 bits per heavy atom. The molecule has 2 heteroatoms. The fourth-order valence-electron chi connectivity index (χ4n) is 0. The zero-order valence-electron chi connectivity index (χ0n) is 4.23. The number of aliphatic hydroxyl groups excluding tert-OH is 1. The third kappa shape index (κ3) is 183. The summed E-state index contributed by atoms with van der Waals surface area (Å²) in [7, 11) is 0. The molecule has 0 fully saturated rings. The predicted octanol–water partition coefficient (Wildman–Crippen LogP) is 0.654. The zero-order valence-corrected chi connectivity index (χ0v) is 4.23. The van der Waals surface area contributed by atoms with Crippen LogP contribution in [0.3, 0.4) is 0 Å². The van der Waals surface area contributed by atoms with Crippen molar-refractivity contribution in [3.05, 3.63) is 0 Å². The number of hydrogen-bond acceptors (Lipinski definition) is 2. The third-order valence-electron chi connectivity index (χ3n) is 0. The molecule has 0 aliphatic rings. The van der Waals surface area contributed by atoms with Gasteiger partial charge in [0.15, 0.2) is 0 Å². The molecule has 0 aliphatic carbocycles. The van der Waals surface area contributed by atoms with E-state index in [2.05, 4.69) is 0 Å². The van der Waals surface area contributed by atoms with Gasteiger partial charge in [-0.25, -0.2) is 0 Å². The van der Waals surface area contributed by atoms with Gasteiger partial charge in [-0.2, -0.15) is 0 Å². The molecule has 0 amide bonds. The molecule has 0 atom stereocenters. The van der Waals surface area contributed by atoms with Gasteiger partial charge in [-0.05, 0) is 20.1 Å². The lowest BCUT2D eigenvalue weighted by Gasteiger charge is -1.52. The molecule has 0 bridgehead atoms. The Hall–Kier alpha value is -0.370. The average molecular weight is 89.1 g/mol. The highest BCUT2D eigenvalue weighted by Crippen LogP contribution is 1.30. The van der Waals surface area contributed by atoms with Crippen molar-refractivity contribution in [1.29, 1.82) is 5.41 Å². The van der Waals surface area contributed by atoms with Crippen LogP contribution in [0.4, 0.5) is 0 Å². The van der Waals surface area contributed by atoms with Gasteiger partial charge in [0.1, 0.15) is 0 Å². The van der Waals surface area contributed by atoms with E-state index in [9.17, 15) is 0 Å². The van der Waals surface area contributed by atoms with Gasteiger partial charge in [0.05, 0.1) is 0 Å². The fourth-order valence-corrected chi connectivity index (χ4v) is 0. The van der Waals surface area contributed by atoms with E-state index in [0.717, 1.165) is 0 Å². The molecule has 2 N–H and O–H groups in total. The highest BCUT2D eigenvalue weighted by atomic mass is 16.2. The minimum Gasteiger partial charge on any atom is -0.397 e. The summed E-state index contributed by atoms with van der Waals surface area (Å²) in [6, 6.07) is 0. The highest BCUT2D eigenvalue weighted by molar-refractivity contribution is 5.48. The van der Waals surface area contributed by atoms with Gasteiger partial charge in [0.2, 0.25) is 0 Å². The Morgan fingerprint density at radius 1 is 1.83 bits per heavy atom. The van der Waals surface area contributed by atoms with E-state index in [0.29, 0.717) is 0 Å². The lowest BCUT2D eigenvalue weighted by Crippen LogP contribution is -1.57. The summed E-state index contributed by atoms with van der Waals surface area (Å²) in [6.07, 6.45) is 1.25. The van der Waals surface area contributed by atoms with Crippen LogP contribution in [0.5, 0.6) is 0 Å². The van der Waals surface area contributed by atoms with Crippen LogP contribution in [-0.4, -0.2) is 17.9 Å². The summed E-state index contributed by atoms with van der Waals surface area (Å²) in [5.41, 5.74) is 0. The standard InChI is InChI=1S/C2H5N.C2H6O/c2*1-2-3/h2-3H,1H3;3H,2H2,1H3. The second kappa shape index (κ2) is 23.0. The van der Waals surface area contributed by atoms with Crippen LogP contribution in [0.2, 0.25) is 0 Å². The van der Waals surface area contributed by atoms with E-state index in [4.69, 9.17) is 10.5 Å². The Bertz CT molecular complexity index is 21.5. The van der Waals surface area contributed by atoms with Crippen molar-refractivity contribution in [1.82, 2.24) is 0 Å². The van der Waals surface area contributed by atoms with Gasteiger partial charge in [0, 0.05) is 6.61 Å². The minimum atomic E-state index is 0.250. The van der Waals surface area contributed by atoms with Crippen molar-refractivity contribution in [3.8, 4) is 0 Å². The highest BCUT2D eigenvalue weighted by Gasteiger charge is 1.34. The minimum absolute atomic E-state index is 0.250. The molecule has 0 aliphatic heterocycles. The molecular weight excluding hydrogens is 78.0 g/mol. The first kappa shape index (κ1) is 9.16. The smallest absolute Gasteiger partial charge is 0.0402 e. The second-order valence-electron chi connectivity index (χ2n) is 0.605. The summed E-state index contributed by atoms with van der Waals surface area (Å²) in [6.45, 7) is 3.60. The number of hydrogen-bond donors (Lipinski definition) is 2. The molecule has 0 saturated heterocycles. The molecule has 0 spiro atoms. The quantitative estimate of drug-likeness (QED) is 0.420. The first-order valence-corrected chi connectivity index (χ1v) is 1.89. The molecule has 0 unspecified atom stereocenters. The van der Waals surface area contributed by atoms with Gasteiger partial charge < -0.3 is 10.5 Å². The van der Waals surface area contributed by atoms with Crippen molar-refractivity contribution in [3.63, 3.8) is 0 Å². The molecule has 0 heterocycles. The molecular formula is C4H11NO. The SMILES string of the molecule is CC=N.CCO. The van der Waals surface area contributed by atoms with Crippen molar-refractivity contribution < 1.29 is 5.11 Å². The van der Waals surface area contributed by atoms with Crippen molar-refractivity contribution in [2.45, 2.75) is 13.8 Å². The van der Waals surface area contributed by atoms with Gasteiger partial charge in [-0.1, -0.05) is 0 Å². The van der Waals surface area contributed by atoms with Crippen molar-refractivity contribution in [2.24, 2.45) is 0 Å². The van der Waals surface area contributed by atoms with E-state index in [1.807, 2.05) is 0 Å². The molecule has 0 saturated carbocycles. The predicted molar refractivity (Wildman–Crippen MR) is 27.2 cm³/mol. The fraction of sp³-hybridized carbons (Fsp3) is 0.750. The Kier molecular flexibility index (Phi) is 35.1. The maximum Gasteiger partial charge on any atom is 0.0402 e. The van der Waals surface area contributed by atoms with Crippen LogP contribution in [0.15, 0.2) is 0 Å². The topological polar surface area (TPSA) is 44.1 Å². The van der Waals surface area contributed by atoms with E-state index in [-0.39, 0.29) is 6.61 Å². The van der Waals surface area contributed by atoms with Crippen LogP contribution < -0.4 is 0 Å². The monoisotopic (exact) mass is 89.1 g/mol. The van der Waals surface area contributed by atoms with Crippen LogP contribution in [0.1, 0.15) is 13.8 Å². The maximum atomic E-state index is 7.57. The van der Waals surface area contributed by atoms with E-state index in [1.165, 1.54) is 6.21 Å². The Balaban J connectivity index is 0. The van der Waals surface area contributed by atoms with Gasteiger partial charge in [-0.3, -0.25) is 0 Å². The summed E-state index contributed by atoms with van der Waals surface area (Å²) < 4.78 is 0. The Morgan fingerprint density at radius 2 is 1.83 bits per heavy atom. The van der Waals surface area contributed by atoms with Crippen molar-refractivity contribution in [2.75, 3.05) is 6.61 Å². The lowest BCUT2D eigenvalue weighted by atomic mass is 10.9. The molecule has 0 aromatic rings. The van der Waals surface area contributed by atoms with Gasteiger partial charge >= 0.3 is 0 Å². The molecule has 0 radical (unpaired) electrons. The third-order valence-corrected chi connectivity index (χ3v) is 0. The van der Waals surface area contributed by atoms with E-state index in [1.54, 1.807) is 13.8 Å². The van der Waals surface area contributed by atoms with Gasteiger partial charge in [-0.15, -0.1) is 0 Å². The average Bonchev–Trinajstić information content (AvgIpc) is 1.39. The molecule has 0 aromatic carbocycles. The number of aliphatic hydroxyl groups is 1. The molecule has 2 nitrogen and oxygen atoms in total. The second-order valence-corrected chi connectivity index (χ2v) is 0.605. The summed E-state index contributed by atoms with van der Waals surface area (Å²) in [4.78, 5) is 0. The lowest BCUT2D eigenvalue weighted by molar-refractivity contribution is 0.318.